The summed E-state index contributed by atoms with van der Waals surface area (Å²) in [6, 6.07) is 9.51. The molecule has 4 heterocycles. The molecule has 4 aromatic rings. The maximum Gasteiger partial charge on any atom is 0.263 e. The number of hydrogen-bond acceptors (Lipinski definition) is 7. The van der Waals surface area contributed by atoms with Gasteiger partial charge >= 0.3 is 0 Å². The molecule has 0 N–H and O–H groups in total. The molecular formula is C24H23N3O4S2. The Bertz CT molecular complexity index is 1360. The van der Waals surface area contributed by atoms with Crippen LogP contribution in [0.4, 0.5) is 0 Å². The number of fused-ring (bicyclic) bond motifs is 1. The molecule has 1 amide bonds. The Morgan fingerprint density at radius 2 is 2.09 bits per heavy atom. The van der Waals surface area contributed by atoms with E-state index in [1.165, 1.54) is 22.2 Å². The number of amides is 1. The van der Waals surface area contributed by atoms with Gasteiger partial charge in [0.2, 0.25) is 5.91 Å². The van der Waals surface area contributed by atoms with Gasteiger partial charge in [-0.25, -0.2) is 4.98 Å². The SMILES string of the molecule is COc1ccc([C@@H]2CCCN2C(=O)Cn2cnc3scc(-c4cccs4)c3c2=O)c(OC)c1. The van der Waals surface area contributed by atoms with Gasteiger partial charge in [0, 0.05) is 34.0 Å². The van der Waals surface area contributed by atoms with Crippen LogP contribution in [0.25, 0.3) is 20.7 Å². The summed E-state index contributed by atoms with van der Waals surface area (Å²) < 4.78 is 12.3. The van der Waals surface area contributed by atoms with Crippen molar-refractivity contribution in [3.8, 4) is 21.9 Å². The normalized spacial score (nSPS) is 15.8. The molecule has 0 saturated carbocycles. The first-order chi connectivity index (χ1) is 16.1. The molecule has 33 heavy (non-hydrogen) atoms. The third-order valence-corrected chi connectivity index (χ3v) is 7.82. The van der Waals surface area contributed by atoms with Crippen molar-refractivity contribution in [2.24, 2.45) is 0 Å². The van der Waals surface area contributed by atoms with E-state index in [1.807, 2.05) is 46.0 Å². The summed E-state index contributed by atoms with van der Waals surface area (Å²) in [5, 5.41) is 4.52. The fourth-order valence-corrected chi connectivity index (χ4v) is 6.13. The smallest absolute Gasteiger partial charge is 0.263 e. The van der Waals surface area contributed by atoms with Gasteiger partial charge in [-0.2, -0.15) is 0 Å². The topological polar surface area (TPSA) is 73.7 Å². The molecule has 170 valence electrons. The Morgan fingerprint density at radius 1 is 1.21 bits per heavy atom. The van der Waals surface area contributed by atoms with Crippen molar-refractivity contribution in [1.82, 2.24) is 14.5 Å². The summed E-state index contributed by atoms with van der Waals surface area (Å²) in [5.74, 6) is 1.29. The highest BCUT2D eigenvalue weighted by atomic mass is 32.1. The van der Waals surface area contributed by atoms with Crippen LogP contribution < -0.4 is 15.0 Å². The molecule has 0 unspecified atom stereocenters. The number of carbonyl (C=O) groups is 1. The first-order valence-corrected chi connectivity index (χ1v) is 12.4. The Kier molecular flexibility index (Phi) is 5.90. The highest BCUT2D eigenvalue weighted by Gasteiger charge is 2.32. The van der Waals surface area contributed by atoms with Crippen molar-refractivity contribution in [3.05, 3.63) is 63.3 Å². The Hall–Kier alpha value is -3.17. The largest absolute Gasteiger partial charge is 0.497 e. The van der Waals surface area contributed by atoms with Crippen molar-refractivity contribution in [2.75, 3.05) is 20.8 Å². The van der Waals surface area contributed by atoms with Gasteiger partial charge in [0.25, 0.3) is 5.56 Å². The number of carbonyl (C=O) groups excluding carboxylic acids is 1. The lowest BCUT2D eigenvalue weighted by atomic mass is 10.0. The van der Waals surface area contributed by atoms with Crippen molar-refractivity contribution in [3.63, 3.8) is 0 Å². The van der Waals surface area contributed by atoms with Crippen LogP contribution in [0.1, 0.15) is 24.4 Å². The highest BCUT2D eigenvalue weighted by molar-refractivity contribution is 7.18. The van der Waals surface area contributed by atoms with Crippen LogP contribution in [0.5, 0.6) is 11.5 Å². The number of nitrogens with zero attached hydrogens (tertiary/aromatic N) is 3. The van der Waals surface area contributed by atoms with Gasteiger partial charge in [-0.15, -0.1) is 22.7 Å². The molecule has 9 heteroatoms. The van der Waals surface area contributed by atoms with E-state index in [9.17, 15) is 9.59 Å². The van der Waals surface area contributed by atoms with Crippen molar-refractivity contribution >= 4 is 38.8 Å². The standard InChI is InChI=1S/C24H23N3O4S2/c1-30-15-7-8-16(19(11-15)31-2)18-5-3-9-27(18)21(28)12-26-14-25-23-22(24(26)29)17(13-33-23)20-6-4-10-32-20/h4,6-8,10-11,13-14,18H,3,5,9,12H2,1-2H3/t18-/m0/s1. The number of methoxy groups -OCH3 is 2. The minimum absolute atomic E-state index is 0.0452. The lowest BCUT2D eigenvalue weighted by Crippen LogP contribution is -2.36. The van der Waals surface area contributed by atoms with E-state index >= 15 is 0 Å². The van der Waals surface area contributed by atoms with Crippen molar-refractivity contribution in [2.45, 2.75) is 25.4 Å². The van der Waals surface area contributed by atoms with E-state index in [-0.39, 0.29) is 24.1 Å². The van der Waals surface area contributed by atoms with Gasteiger partial charge < -0.3 is 14.4 Å². The molecule has 1 aliphatic rings. The van der Waals surface area contributed by atoms with E-state index in [4.69, 9.17) is 9.47 Å². The molecule has 3 aromatic heterocycles. The van der Waals surface area contributed by atoms with Crippen LogP contribution in [-0.2, 0) is 11.3 Å². The first-order valence-electron chi connectivity index (χ1n) is 10.6. The second kappa shape index (κ2) is 8.99. The predicted molar refractivity (Wildman–Crippen MR) is 130 cm³/mol. The van der Waals surface area contributed by atoms with Crippen LogP contribution in [-0.4, -0.2) is 41.1 Å². The van der Waals surface area contributed by atoms with E-state index in [1.54, 1.807) is 25.6 Å². The van der Waals surface area contributed by atoms with Crippen molar-refractivity contribution < 1.29 is 14.3 Å². The molecule has 0 bridgehead atoms. The molecule has 1 aromatic carbocycles. The zero-order valence-corrected chi connectivity index (χ0v) is 19.9. The summed E-state index contributed by atoms with van der Waals surface area (Å²) in [6.45, 7) is 0.596. The zero-order chi connectivity index (χ0) is 22.9. The number of benzene rings is 1. The number of thiophene rings is 2. The molecule has 1 aliphatic heterocycles. The van der Waals surface area contributed by atoms with Crippen LogP contribution in [0.2, 0.25) is 0 Å². The predicted octanol–water partition coefficient (Wildman–Crippen LogP) is 4.57. The fourth-order valence-electron chi connectivity index (χ4n) is 4.41. The third kappa shape index (κ3) is 3.91. The summed E-state index contributed by atoms with van der Waals surface area (Å²) in [7, 11) is 3.23. The fraction of sp³-hybridized carbons (Fsp3) is 0.292. The number of rotatable bonds is 6. The number of likely N-dealkylation sites (tertiary alicyclic amines) is 1. The average Bonchev–Trinajstić information content (AvgIpc) is 3.60. The van der Waals surface area contributed by atoms with E-state index in [0.717, 1.165) is 28.8 Å². The minimum atomic E-state index is -0.184. The molecule has 1 atom stereocenters. The van der Waals surface area contributed by atoms with E-state index in [0.29, 0.717) is 28.3 Å². The second-order valence-corrected chi connectivity index (χ2v) is 9.64. The Morgan fingerprint density at radius 3 is 2.85 bits per heavy atom. The third-order valence-electron chi connectivity index (χ3n) is 6.03. The number of aromatic nitrogens is 2. The summed E-state index contributed by atoms with van der Waals surface area (Å²) in [4.78, 5) is 34.7. The quantitative estimate of drug-likeness (QED) is 0.403. The minimum Gasteiger partial charge on any atom is -0.497 e. The lowest BCUT2D eigenvalue weighted by Gasteiger charge is -2.27. The maximum atomic E-state index is 13.3. The second-order valence-electron chi connectivity index (χ2n) is 7.84. The molecule has 0 radical (unpaired) electrons. The van der Waals surface area contributed by atoms with Crippen LogP contribution in [0, 0.1) is 0 Å². The highest BCUT2D eigenvalue weighted by Crippen LogP contribution is 2.39. The Balaban J connectivity index is 1.44. The van der Waals surface area contributed by atoms with Gasteiger partial charge in [0.1, 0.15) is 22.9 Å². The number of hydrogen-bond donors (Lipinski definition) is 0. The van der Waals surface area contributed by atoms with Crippen molar-refractivity contribution in [1.29, 1.82) is 0 Å². The molecule has 1 saturated heterocycles. The molecule has 5 rings (SSSR count). The molecule has 0 aliphatic carbocycles. The molecule has 0 spiro atoms. The summed E-state index contributed by atoms with van der Waals surface area (Å²) in [6.07, 6.45) is 3.22. The van der Waals surface area contributed by atoms with Gasteiger partial charge in [0.05, 0.1) is 32.0 Å². The van der Waals surface area contributed by atoms with Gasteiger partial charge in [0.15, 0.2) is 0 Å². The monoisotopic (exact) mass is 481 g/mol. The van der Waals surface area contributed by atoms with Gasteiger partial charge in [-0.3, -0.25) is 14.2 Å². The molecule has 1 fully saturated rings. The zero-order valence-electron chi connectivity index (χ0n) is 18.3. The molecular weight excluding hydrogens is 458 g/mol. The lowest BCUT2D eigenvalue weighted by molar-refractivity contribution is -0.132. The van der Waals surface area contributed by atoms with Crippen LogP contribution in [0.15, 0.2) is 52.2 Å². The summed E-state index contributed by atoms with van der Waals surface area (Å²) in [5.41, 5.74) is 1.64. The Labute approximate surface area is 198 Å². The van der Waals surface area contributed by atoms with E-state index < -0.39 is 0 Å². The van der Waals surface area contributed by atoms with E-state index in [2.05, 4.69) is 4.98 Å². The van der Waals surface area contributed by atoms with Crippen LogP contribution >= 0.6 is 22.7 Å². The average molecular weight is 482 g/mol. The molecule has 7 nitrogen and oxygen atoms in total. The number of ether oxygens (including phenoxy) is 2. The first kappa shape index (κ1) is 21.7. The maximum absolute atomic E-state index is 13.3. The van der Waals surface area contributed by atoms with Gasteiger partial charge in [-0.05, 0) is 36.4 Å². The van der Waals surface area contributed by atoms with Gasteiger partial charge in [-0.1, -0.05) is 6.07 Å². The van der Waals surface area contributed by atoms with Crippen LogP contribution in [0.3, 0.4) is 0 Å². The summed E-state index contributed by atoms with van der Waals surface area (Å²) >= 11 is 3.03.